The van der Waals surface area contributed by atoms with E-state index in [1.54, 1.807) is 7.05 Å². The highest BCUT2D eigenvalue weighted by atomic mass is 32.2. The van der Waals surface area contributed by atoms with Gasteiger partial charge in [-0.1, -0.05) is 83.7 Å². The largest absolute Gasteiger partial charge is 0.296 e. The second-order valence-corrected chi connectivity index (χ2v) is 9.76. The lowest BCUT2D eigenvalue weighted by Gasteiger charge is -2.25. The molecule has 4 heteroatoms. The minimum Gasteiger partial charge on any atom is -0.296 e. The summed E-state index contributed by atoms with van der Waals surface area (Å²) in [6, 6.07) is 6.64. The molecule has 1 heterocycles. The fourth-order valence-corrected chi connectivity index (χ4v) is 3.48. The van der Waals surface area contributed by atoms with Gasteiger partial charge in [-0.05, 0) is 33.6 Å². The Morgan fingerprint density at radius 3 is 1.83 bits per heavy atom. The second kappa shape index (κ2) is 6.06. The Kier molecular flexibility index (Phi) is 4.80. The van der Waals surface area contributed by atoms with Gasteiger partial charge in [0.15, 0.2) is 0 Å². The molecule has 23 heavy (non-hydrogen) atoms. The molecule has 1 aliphatic heterocycles. The van der Waals surface area contributed by atoms with E-state index >= 15 is 0 Å². The molecule has 0 N–H and O–H groups in total. The van der Waals surface area contributed by atoms with Gasteiger partial charge < -0.3 is 0 Å². The maximum absolute atomic E-state index is 12.2. The number of rotatable bonds is 1. The summed E-state index contributed by atoms with van der Waals surface area (Å²) in [7, 11) is 1.73. The second-order valence-electron chi connectivity index (χ2n) is 8.08. The van der Waals surface area contributed by atoms with Gasteiger partial charge in [0.2, 0.25) is 0 Å². The number of nitrogens with zero attached hydrogens (tertiary/aromatic N) is 1. The maximum Gasteiger partial charge on any atom is 0.265 e. The first-order chi connectivity index (χ1) is 10.4. The molecule has 1 aromatic rings. The number of amides is 1. The number of carbonyl (C=O) groups is 1. The summed E-state index contributed by atoms with van der Waals surface area (Å²) < 4.78 is 0.615. The van der Waals surface area contributed by atoms with Crippen molar-refractivity contribution in [1.29, 1.82) is 0 Å². The quantitative estimate of drug-likeness (QED) is 0.520. The summed E-state index contributed by atoms with van der Waals surface area (Å²) >= 11 is 6.58. The van der Waals surface area contributed by atoms with Crippen LogP contribution in [0.25, 0.3) is 6.08 Å². The molecule has 124 valence electrons. The molecule has 1 aromatic carbocycles. The normalized spacial score (nSPS) is 18.2. The van der Waals surface area contributed by atoms with Crippen LogP contribution in [-0.4, -0.2) is 22.2 Å². The lowest BCUT2D eigenvalue weighted by Crippen LogP contribution is -2.22. The Bertz CT molecular complexity index is 658. The number of thioether (sulfide) groups is 1. The van der Waals surface area contributed by atoms with E-state index in [2.05, 4.69) is 59.7 Å². The summed E-state index contributed by atoms with van der Waals surface area (Å²) in [5.41, 5.74) is 3.75. The van der Waals surface area contributed by atoms with Crippen LogP contribution in [0.2, 0.25) is 0 Å². The summed E-state index contributed by atoms with van der Waals surface area (Å²) in [5, 5.41) is 0. The van der Waals surface area contributed by atoms with Gasteiger partial charge in [-0.2, -0.15) is 0 Å². The van der Waals surface area contributed by atoms with Gasteiger partial charge in [0.25, 0.3) is 5.91 Å². The van der Waals surface area contributed by atoms with Crippen LogP contribution in [0.15, 0.2) is 23.1 Å². The minimum atomic E-state index is -0.0153. The van der Waals surface area contributed by atoms with Crippen molar-refractivity contribution in [3.8, 4) is 0 Å². The van der Waals surface area contributed by atoms with E-state index in [-0.39, 0.29) is 16.7 Å². The Morgan fingerprint density at radius 2 is 1.48 bits per heavy atom. The zero-order valence-electron chi connectivity index (χ0n) is 15.0. The topological polar surface area (TPSA) is 20.3 Å². The molecule has 0 unspecified atom stereocenters. The van der Waals surface area contributed by atoms with Crippen LogP contribution < -0.4 is 0 Å². The number of hydrogen-bond donors (Lipinski definition) is 0. The third-order valence-corrected chi connectivity index (χ3v) is 5.46. The zero-order valence-corrected chi connectivity index (χ0v) is 16.6. The SMILES string of the molecule is CN1C(=O)/C(=C/c2cc(C(C)(C)C)cc(C(C)(C)C)c2)SC1=S. The molecular weight excluding hydrogens is 322 g/mol. The van der Waals surface area contributed by atoms with Crippen molar-refractivity contribution in [2.45, 2.75) is 52.4 Å². The van der Waals surface area contributed by atoms with Gasteiger partial charge in [0.05, 0.1) is 4.91 Å². The number of thiocarbonyl (C=S) groups is 1. The van der Waals surface area contributed by atoms with Crippen molar-refractivity contribution in [2.75, 3.05) is 7.05 Å². The molecule has 2 nitrogen and oxygen atoms in total. The zero-order chi connectivity index (χ0) is 17.6. The van der Waals surface area contributed by atoms with E-state index in [0.717, 1.165) is 5.56 Å². The first kappa shape index (κ1) is 18.2. The molecule has 0 spiro atoms. The van der Waals surface area contributed by atoms with Crippen LogP contribution in [-0.2, 0) is 15.6 Å². The highest BCUT2D eigenvalue weighted by molar-refractivity contribution is 8.26. The van der Waals surface area contributed by atoms with Crippen molar-refractivity contribution >= 4 is 40.3 Å². The third kappa shape index (κ3) is 4.04. The first-order valence-electron chi connectivity index (χ1n) is 7.77. The predicted octanol–water partition coefficient (Wildman–Crippen LogP) is 5.11. The van der Waals surface area contributed by atoms with E-state index in [4.69, 9.17) is 12.2 Å². The number of benzene rings is 1. The fourth-order valence-electron chi connectivity index (χ4n) is 2.30. The molecule has 0 aliphatic carbocycles. The molecular formula is C19H25NOS2. The van der Waals surface area contributed by atoms with Gasteiger partial charge in [0.1, 0.15) is 4.32 Å². The predicted molar refractivity (Wildman–Crippen MR) is 105 cm³/mol. The number of carbonyl (C=O) groups excluding carboxylic acids is 1. The molecule has 0 saturated carbocycles. The van der Waals surface area contributed by atoms with Crippen LogP contribution >= 0.6 is 24.0 Å². The van der Waals surface area contributed by atoms with Crippen molar-refractivity contribution < 1.29 is 4.79 Å². The standard InChI is InChI=1S/C19H25NOS2/c1-18(2,3)13-8-12(9-14(11-13)19(4,5)6)10-15-16(21)20(7)17(22)23-15/h8-11H,1-7H3/b15-10-. The monoisotopic (exact) mass is 347 g/mol. The van der Waals surface area contributed by atoms with Gasteiger partial charge in [-0.15, -0.1) is 0 Å². The van der Waals surface area contributed by atoms with E-state index in [9.17, 15) is 4.79 Å². The van der Waals surface area contributed by atoms with E-state index in [1.165, 1.54) is 27.8 Å². The average molecular weight is 348 g/mol. The Hall–Kier alpha value is -1.13. The van der Waals surface area contributed by atoms with Crippen LogP contribution in [0.4, 0.5) is 0 Å². The minimum absolute atomic E-state index is 0.0153. The van der Waals surface area contributed by atoms with Crippen LogP contribution in [0, 0.1) is 0 Å². The van der Waals surface area contributed by atoms with Gasteiger partial charge in [-0.25, -0.2) is 0 Å². The molecule has 1 aliphatic rings. The number of hydrogen-bond acceptors (Lipinski definition) is 3. The highest BCUT2D eigenvalue weighted by Crippen LogP contribution is 2.34. The number of likely N-dealkylation sites (N-methyl/N-ethyl adjacent to an activating group) is 1. The van der Waals surface area contributed by atoms with Crippen molar-refractivity contribution in [3.05, 3.63) is 39.8 Å². The molecule has 1 amide bonds. The Balaban J connectivity index is 2.55. The molecule has 2 rings (SSSR count). The summed E-state index contributed by atoms with van der Waals surface area (Å²) in [4.78, 5) is 14.5. The average Bonchev–Trinajstić information content (AvgIpc) is 2.64. The van der Waals surface area contributed by atoms with E-state index in [0.29, 0.717) is 9.23 Å². The highest BCUT2D eigenvalue weighted by Gasteiger charge is 2.29. The molecule has 1 saturated heterocycles. The summed E-state index contributed by atoms with van der Waals surface area (Å²) in [6.45, 7) is 13.3. The maximum atomic E-state index is 12.2. The molecule has 1 fully saturated rings. The first-order valence-corrected chi connectivity index (χ1v) is 9.00. The smallest absolute Gasteiger partial charge is 0.265 e. The van der Waals surface area contributed by atoms with Crippen LogP contribution in [0.5, 0.6) is 0 Å². The molecule has 0 atom stereocenters. The third-order valence-electron chi connectivity index (χ3n) is 3.97. The van der Waals surface area contributed by atoms with Gasteiger partial charge in [0, 0.05) is 7.05 Å². The van der Waals surface area contributed by atoms with Gasteiger partial charge >= 0.3 is 0 Å². The molecule has 0 aromatic heterocycles. The van der Waals surface area contributed by atoms with Crippen LogP contribution in [0.1, 0.15) is 58.2 Å². The van der Waals surface area contributed by atoms with Crippen molar-refractivity contribution in [2.24, 2.45) is 0 Å². The van der Waals surface area contributed by atoms with E-state index in [1.807, 2.05) is 6.08 Å². The van der Waals surface area contributed by atoms with Crippen molar-refractivity contribution in [1.82, 2.24) is 4.90 Å². The lowest BCUT2D eigenvalue weighted by atomic mass is 9.79. The Morgan fingerprint density at radius 1 is 1.00 bits per heavy atom. The molecule has 0 radical (unpaired) electrons. The summed E-state index contributed by atoms with van der Waals surface area (Å²) in [5.74, 6) is -0.0153. The van der Waals surface area contributed by atoms with E-state index < -0.39 is 0 Å². The summed E-state index contributed by atoms with van der Waals surface area (Å²) in [6.07, 6.45) is 1.97. The lowest BCUT2D eigenvalue weighted by molar-refractivity contribution is -0.121. The van der Waals surface area contributed by atoms with Crippen LogP contribution in [0.3, 0.4) is 0 Å². The Labute approximate surface area is 149 Å². The van der Waals surface area contributed by atoms with Crippen molar-refractivity contribution in [3.63, 3.8) is 0 Å². The van der Waals surface area contributed by atoms with Gasteiger partial charge in [-0.3, -0.25) is 9.69 Å². The molecule has 0 bridgehead atoms. The fraction of sp³-hybridized carbons (Fsp3) is 0.474.